The molecule has 8 heteroatoms. The van der Waals surface area contributed by atoms with E-state index in [-0.39, 0.29) is 23.0 Å². The molecule has 1 atom stereocenters. The van der Waals surface area contributed by atoms with Crippen LogP contribution in [0.4, 0.5) is 10.6 Å². The highest BCUT2D eigenvalue weighted by molar-refractivity contribution is 6.30. The molecule has 0 spiro atoms. The van der Waals surface area contributed by atoms with E-state index in [0.717, 1.165) is 12.8 Å². The van der Waals surface area contributed by atoms with Crippen molar-refractivity contribution in [2.45, 2.75) is 45.3 Å². The molecular formula is C16H22ClN5O2. The summed E-state index contributed by atoms with van der Waals surface area (Å²) in [5, 5.41) is 8.96. The molecule has 24 heavy (non-hydrogen) atoms. The van der Waals surface area contributed by atoms with Gasteiger partial charge in [0.1, 0.15) is 17.5 Å². The number of halogens is 1. The number of carbonyl (C=O) groups is 1. The zero-order valence-electron chi connectivity index (χ0n) is 14.4. The molecular weight excluding hydrogens is 330 g/mol. The van der Waals surface area contributed by atoms with Crippen LogP contribution in [0.3, 0.4) is 0 Å². The molecule has 0 N–H and O–H groups in total. The average Bonchev–Trinajstić information content (AvgIpc) is 2.52. The Morgan fingerprint density at radius 1 is 1.54 bits per heavy atom. The summed E-state index contributed by atoms with van der Waals surface area (Å²) in [6, 6.07) is 1.98. The Bertz CT molecular complexity index is 653. The number of carbonyl (C=O) groups excluding carboxylic acids is 1. The maximum atomic E-state index is 12.3. The summed E-state index contributed by atoms with van der Waals surface area (Å²) < 4.78 is 5.44. The number of aromatic nitrogens is 2. The minimum absolute atomic E-state index is 0.0849. The third-order valence-corrected chi connectivity index (χ3v) is 4.04. The number of amides is 1. The first-order valence-corrected chi connectivity index (χ1v) is 8.22. The molecule has 0 aliphatic carbocycles. The highest BCUT2D eigenvalue weighted by atomic mass is 35.5. The van der Waals surface area contributed by atoms with Gasteiger partial charge in [0.15, 0.2) is 10.8 Å². The Hall–Kier alpha value is -2.07. The lowest BCUT2D eigenvalue weighted by molar-refractivity contribution is 0.0199. The quantitative estimate of drug-likeness (QED) is 0.814. The van der Waals surface area contributed by atoms with Crippen molar-refractivity contribution >= 4 is 23.5 Å². The van der Waals surface area contributed by atoms with Crippen LogP contribution in [0.25, 0.3) is 0 Å². The van der Waals surface area contributed by atoms with Crippen molar-refractivity contribution in [1.82, 2.24) is 14.9 Å². The third kappa shape index (κ3) is 4.48. The van der Waals surface area contributed by atoms with Gasteiger partial charge in [-0.25, -0.2) is 14.8 Å². The van der Waals surface area contributed by atoms with Crippen LogP contribution in [0, 0.1) is 11.3 Å². The molecule has 0 bridgehead atoms. The van der Waals surface area contributed by atoms with Gasteiger partial charge in [-0.3, -0.25) is 0 Å². The number of anilines is 1. The van der Waals surface area contributed by atoms with Gasteiger partial charge < -0.3 is 14.5 Å². The van der Waals surface area contributed by atoms with Crippen molar-refractivity contribution in [1.29, 1.82) is 5.26 Å². The van der Waals surface area contributed by atoms with Gasteiger partial charge in [0, 0.05) is 26.2 Å². The average molecular weight is 352 g/mol. The Balaban J connectivity index is 2.07. The molecule has 1 aliphatic heterocycles. The molecule has 2 rings (SSSR count). The van der Waals surface area contributed by atoms with E-state index >= 15 is 0 Å². The van der Waals surface area contributed by atoms with Gasteiger partial charge >= 0.3 is 6.09 Å². The molecule has 0 unspecified atom stereocenters. The molecule has 1 aromatic heterocycles. The standard InChI is InChI=1S/C16H22ClN5O2/c1-16(2,3)24-15(23)22-7-5-6-11(10-22)21(4)13-9-19-12(8-18)14(17)20-13/h9,11H,5-7,10H2,1-4H3/t11-/m0/s1. The van der Waals surface area contributed by atoms with Crippen LogP contribution in [0.15, 0.2) is 6.20 Å². The Morgan fingerprint density at radius 2 is 2.25 bits per heavy atom. The second-order valence-corrected chi connectivity index (χ2v) is 7.17. The van der Waals surface area contributed by atoms with Crippen molar-refractivity contribution in [3.05, 3.63) is 17.0 Å². The number of ether oxygens (including phenoxy) is 1. The Kier molecular flexibility index (Phi) is 5.50. The number of likely N-dealkylation sites (tertiary alicyclic amines) is 1. The molecule has 1 aromatic rings. The first kappa shape index (κ1) is 18.3. The third-order valence-electron chi connectivity index (χ3n) is 3.78. The van der Waals surface area contributed by atoms with E-state index in [2.05, 4.69) is 9.97 Å². The summed E-state index contributed by atoms with van der Waals surface area (Å²) >= 11 is 5.96. The Morgan fingerprint density at radius 3 is 2.83 bits per heavy atom. The van der Waals surface area contributed by atoms with Crippen molar-refractivity contribution < 1.29 is 9.53 Å². The fraction of sp³-hybridized carbons (Fsp3) is 0.625. The van der Waals surface area contributed by atoms with Gasteiger partial charge in [-0.05, 0) is 33.6 Å². The molecule has 7 nitrogen and oxygen atoms in total. The van der Waals surface area contributed by atoms with Crippen molar-refractivity contribution in [3.63, 3.8) is 0 Å². The second kappa shape index (κ2) is 7.22. The zero-order chi connectivity index (χ0) is 17.9. The number of nitriles is 1. The largest absolute Gasteiger partial charge is 0.444 e. The molecule has 2 heterocycles. The first-order chi connectivity index (χ1) is 11.2. The molecule has 1 aliphatic rings. The minimum Gasteiger partial charge on any atom is -0.444 e. The van der Waals surface area contributed by atoms with E-state index < -0.39 is 5.60 Å². The zero-order valence-corrected chi connectivity index (χ0v) is 15.2. The normalized spacial score (nSPS) is 18.0. The topological polar surface area (TPSA) is 82.4 Å². The monoisotopic (exact) mass is 351 g/mol. The fourth-order valence-corrected chi connectivity index (χ4v) is 2.73. The number of hydrogen-bond acceptors (Lipinski definition) is 6. The lowest BCUT2D eigenvalue weighted by atomic mass is 10.0. The van der Waals surface area contributed by atoms with Crippen LogP contribution in [-0.4, -0.2) is 52.7 Å². The van der Waals surface area contributed by atoms with Crippen LogP contribution in [0.1, 0.15) is 39.3 Å². The van der Waals surface area contributed by atoms with Gasteiger partial charge in [-0.1, -0.05) is 11.6 Å². The molecule has 0 saturated carbocycles. The van der Waals surface area contributed by atoms with Crippen molar-refractivity contribution in [2.24, 2.45) is 0 Å². The van der Waals surface area contributed by atoms with E-state index in [9.17, 15) is 4.79 Å². The van der Waals surface area contributed by atoms with E-state index in [4.69, 9.17) is 21.6 Å². The molecule has 0 radical (unpaired) electrons. The lowest BCUT2D eigenvalue weighted by Crippen LogP contribution is -2.50. The van der Waals surface area contributed by atoms with E-state index in [0.29, 0.717) is 18.9 Å². The number of piperidine rings is 1. The van der Waals surface area contributed by atoms with Gasteiger partial charge in [0.05, 0.1) is 6.20 Å². The number of likely N-dealkylation sites (N-methyl/N-ethyl adjacent to an activating group) is 1. The SMILES string of the molecule is CN(c1cnc(C#N)c(Cl)n1)[C@H]1CCCN(C(=O)OC(C)(C)C)C1. The number of rotatable bonds is 2. The summed E-state index contributed by atoms with van der Waals surface area (Å²) in [6.45, 7) is 6.79. The van der Waals surface area contributed by atoms with Crippen LogP contribution in [0.5, 0.6) is 0 Å². The highest BCUT2D eigenvalue weighted by Gasteiger charge is 2.30. The molecule has 1 amide bonds. The summed E-state index contributed by atoms with van der Waals surface area (Å²) in [5.74, 6) is 0.579. The second-order valence-electron chi connectivity index (χ2n) is 6.81. The molecule has 0 aromatic carbocycles. The summed E-state index contributed by atoms with van der Waals surface area (Å²) in [5.41, 5.74) is -0.407. The van der Waals surface area contributed by atoms with Crippen LogP contribution in [-0.2, 0) is 4.74 Å². The molecule has 130 valence electrons. The predicted molar refractivity (Wildman–Crippen MR) is 91.0 cm³/mol. The van der Waals surface area contributed by atoms with Gasteiger partial charge in [0.25, 0.3) is 0 Å². The maximum absolute atomic E-state index is 12.3. The number of nitrogens with zero attached hydrogens (tertiary/aromatic N) is 5. The first-order valence-electron chi connectivity index (χ1n) is 7.84. The molecule has 1 saturated heterocycles. The van der Waals surface area contributed by atoms with E-state index in [1.807, 2.05) is 38.8 Å². The fourth-order valence-electron chi connectivity index (χ4n) is 2.55. The Labute approximate surface area is 147 Å². The number of hydrogen-bond donors (Lipinski definition) is 0. The van der Waals surface area contributed by atoms with Gasteiger partial charge in [-0.2, -0.15) is 5.26 Å². The maximum Gasteiger partial charge on any atom is 0.410 e. The van der Waals surface area contributed by atoms with Crippen LogP contribution in [0.2, 0.25) is 5.15 Å². The summed E-state index contributed by atoms with van der Waals surface area (Å²) in [6.07, 6.45) is 3.03. The summed E-state index contributed by atoms with van der Waals surface area (Å²) in [7, 11) is 1.88. The summed E-state index contributed by atoms with van der Waals surface area (Å²) in [4.78, 5) is 24.1. The van der Waals surface area contributed by atoms with E-state index in [1.165, 1.54) is 6.20 Å². The molecule has 1 fully saturated rings. The smallest absolute Gasteiger partial charge is 0.410 e. The highest BCUT2D eigenvalue weighted by Crippen LogP contribution is 2.23. The van der Waals surface area contributed by atoms with E-state index in [1.54, 1.807) is 4.90 Å². The van der Waals surface area contributed by atoms with Crippen LogP contribution >= 0.6 is 11.6 Å². The van der Waals surface area contributed by atoms with Gasteiger partial charge in [0.2, 0.25) is 0 Å². The van der Waals surface area contributed by atoms with Crippen molar-refractivity contribution in [3.8, 4) is 6.07 Å². The predicted octanol–water partition coefficient (Wildman–Crippen LogP) is 2.84. The van der Waals surface area contributed by atoms with Gasteiger partial charge in [-0.15, -0.1) is 0 Å². The van der Waals surface area contributed by atoms with Crippen LogP contribution < -0.4 is 4.90 Å². The lowest BCUT2D eigenvalue weighted by Gasteiger charge is -2.38. The minimum atomic E-state index is -0.512. The van der Waals surface area contributed by atoms with Crippen molar-refractivity contribution in [2.75, 3.05) is 25.0 Å².